The number of thiophene rings is 1. The number of aliphatic hydroxyl groups excluding tert-OH is 1. The number of methoxy groups -OCH3 is 2. The van der Waals surface area contributed by atoms with Gasteiger partial charge in [-0.2, -0.15) is 0 Å². The molecule has 1 unspecified atom stereocenters. The third-order valence-corrected chi connectivity index (χ3v) is 6.24. The molecule has 2 aromatic carbocycles. The van der Waals surface area contributed by atoms with Crippen molar-refractivity contribution in [1.29, 1.82) is 0 Å². The summed E-state index contributed by atoms with van der Waals surface area (Å²) in [4.78, 5) is 5.63. The van der Waals surface area contributed by atoms with Gasteiger partial charge in [-0.1, -0.05) is 24.3 Å². The zero-order chi connectivity index (χ0) is 23.8. The van der Waals surface area contributed by atoms with Crippen LogP contribution >= 0.6 is 11.3 Å². The van der Waals surface area contributed by atoms with Crippen LogP contribution in [0.25, 0.3) is 16.3 Å². The summed E-state index contributed by atoms with van der Waals surface area (Å²) < 4.78 is 18.5. The van der Waals surface area contributed by atoms with Crippen molar-refractivity contribution in [3.05, 3.63) is 78.1 Å². The molecular weight excluding hydrogens is 450 g/mol. The number of para-hydroxylation sites is 2. The molecule has 0 aliphatic carbocycles. The molecule has 8 heteroatoms. The second-order valence-electron chi connectivity index (χ2n) is 7.72. The van der Waals surface area contributed by atoms with Crippen LogP contribution in [0.3, 0.4) is 0 Å². The number of benzene rings is 2. The van der Waals surface area contributed by atoms with E-state index in [2.05, 4.69) is 10.3 Å². The minimum absolute atomic E-state index is 0.187. The van der Waals surface area contributed by atoms with Crippen molar-refractivity contribution in [2.45, 2.75) is 12.5 Å². The minimum atomic E-state index is -0.636. The van der Waals surface area contributed by atoms with Crippen LogP contribution in [-0.4, -0.2) is 54.7 Å². The van der Waals surface area contributed by atoms with E-state index in [4.69, 9.17) is 14.2 Å². The normalized spacial score (nSPS) is 11.9. The smallest absolute Gasteiger partial charge is 0.160 e. The fraction of sp³-hybridized carbons (Fsp3) is 0.269. The first-order valence-electron chi connectivity index (χ1n) is 11.1. The van der Waals surface area contributed by atoms with E-state index in [1.165, 1.54) is 0 Å². The van der Waals surface area contributed by atoms with Crippen molar-refractivity contribution in [3.8, 4) is 33.5 Å². The van der Waals surface area contributed by atoms with Crippen LogP contribution in [0.1, 0.15) is 5.56 Å². The summed E-state index contributed by atoms with van der Waals surface area (Å²) in [5.41, 5.74) is 2.93. The highest BCUT2D eigenvalue weighted by molar-refractivity contribution is 7.13. The number of aliphatic hydroxyl groups is 1. The van der Waals surface area contributed by atoms with E-state index in [9.17, 15) is 5.11 Å². The first-order chi connectivity index (χ1) is 16.7. The molecule has 4 rings (SSSR count). The van der Waals surface area contributed by atoms with E-state index in [0.29, 0.717) is 23.8 Å². The Morgan fingerprint density at radius 3 is 2.68 bits per heavy atom. The highest BCUT2D eigenvalue weighted by atomic mass is 32.1. The van der Waals surface area contributed by atoms with Gasteiger partial charge in [0.2, 0.25) is 0 Å². The maximum atomic E-state index is 10.4. The van der Waals surface area contributed by atoms with Crippen LogP contribution in [0.4, 0.5) is 0 Å². The zero-order valence-corrected chi connectivity index (χ0v) is 20.1. The summed E-state index contributed by atoms with van der Waals surface area (Å²) in [7, 11) is 3.25. The maximum absolute atomic E-state index is 10.4. The van der Waals surface area contributed by atoms with Crippen LogP contribution in [-0.2, 0) is 6.42 Å². The van der Waals surface area contributed by atoms with E-state index in [-0.39, 0.29) is 6.61 Å². The number of hydrogen-bond acceptors (Lipinski definition) is 7. The zero-order valence-electron chi connectivity index (χ0n) is 19.3. The predicted octanol–water partition coefficient (Wildman–Crippen LogP) is 4.19. The van der Waals surface area contributed by atoms with Crippen LogP contribution in [0.15, 0.2) is 72.5 Å². The largest absolute Gasteiger partial charge is 0.493 e. The van der Waals surface area contributed by atoms with Crippen molar-refractivity contribution < 1.29 is 19.3 Å². The Bertz CT molecular complexity index is 1180. The summed E-state index contributed by atoms with van der Waals surface area (Å²) in [6.45, 7) is 1.35. The lowest BCUT2D eigenvalue weighted by Crippen LogP contribution is -2.32. The van der Waals surface area contributed by atoms with Gasteiger partial charge < -0.3 is 29.2 Å². The van der Waals surface area contributed by atoms with Crippen LogP contribution < -0.4 is 19.5 Å². The summed E-state index contributed by atoms with van der Waals surface area (Å²) in [6, 6.07) is 17.7. The highest BCUT2D eigenvalue weighted by Crippen LogP contribution is 2.28. The summed E-state index contributed by atoms with van der Waals surface area (Å²) in [5, 5.41) is 15.7. The monoisotopic (exact) mass is 479 g/mol. The Kier molecular flexibility index (Phi) is 8.19. The molecule has 2 N–H and O–H groups in total. The molecule has 0 fully saturated rings. The molecule has 2 heterocycles. The van der Waals surface area contributed by atoms with Crippen molar-refractivity contribution in [2.75, 3.05) is 33.9 Å². The fourth-order valence-corrected chi connectivity index (χ4v) is 4.27. The average Bonchev–Trinajstić information content (AvgIpc) is 3.58. The van der Waals surface area contributed by atoms with Gasteiger partial charge >= 0.3 is 0 Å². The molecule has 2 aromatic heterocycles. The molecule has 7 nitrogen and oxygen atoms in total. The van der Waals surface area contributed by atoms with E-state index < -0.39 is 6.10 Å². The number of hydrogen-bond donors (Lipinski definition) is 2. The lowest BCUT2D eigenvalue weighted by Gasteiger charge is -2.16. The number of rotatable bonds is 12. The van der Waals surface area contributed by atoms with Gasteiger partial charge in [0.25, 0.3) is 0 Å². The lowest BCUT2D eigenvalue weighted by atomic mass is 10.1. The first kappa shape index (κ1) is 23.8. The molecule has 0 radical (unpaired) electrons. The van der Waals surface area contributed by atoms with Gasteiger partial charge in [0.05, 0.1) is 30.5 Å². The second kappa shape index (κ2) is 11.7. The quantitative estimate of drug-likeness (QED) is 0.297. The second-order valence-corrected chi connectivity index (χ2v) is 8.67. The Balaban J connectivity index is 1.27. The number of aromatic nitrogens is 2. The van der Waals surface area contributed by atoms with Gasteiger partial charge in [0.15, 0.2) is 11.5 Å². The molecule has 0 saturated heterocycles. The molecule has 0 bridgehead atoms. The number of nitrogens with zero attached hydrogens (tertiary/aromatic N) is 2. The van der Waals surface area contributed by atoms with Crippen molar-refractivity contribution in [3.63, 3.8) is 0 Å². The molecule has 0 saturated carbocycles. The van der Waals surface area contributed by atoms with Crippen LogP contribution in [0.5, 0.6) is 17.2 Å². The van der Waals surface area contributed by atoms with Gasteiger partial charge in [-0.15, -0.1) is 11.3 Å². The number of ether oxygens (including phenoxy) is 3. The minimum Gasteiger partial charge on any atom is -0.493 e. The third kappa shape index (κ3) is 5.96. The number of nitrogens with one attached hydrogen (secondary N) is 1. The van der Waals surface area contributed by atoms with Gasteiger partial charge in [-0.25, -0.2) is 4.98 Å². The predicted molar refractivity (Wildman–Crippen MR) is 134 cm³/mol. The highest BCUT2D eigenvalue weighted by Gasteiger charge is 2.11. The summed E-state index contributed by atoms with van der Waals surface area (Å²) >= 11 is 1.66. The van der Waals surface area contributed by atoms with Crippen molar-refractivity contribution >= 4 is 11.3 Å². The average molecular weight is 480 g/mol. The summed E-state index contributed by atoms with van der Waals surface area (Å²) in [6.07, 6.45) is 3.94. The van der Waals surface area contributed by atoms with Gasteiger partial charge in [0.1, 0.15) is 24.8 Å². The van der Waals surface area contributed by atoms with E-state index in [1.54, 1.807) is 31.9 Å². The topological polar surface area (TPSA) is 77.8 Å². The van der Waals surface area contributed by atoms with Crippen LogP contribution in [0.2, 0.25) is 0 Å². The molecule has 1 atom stereocenters. The summed E-state index contributed by atoms with van der Waals surface area (Å²) in [5.74, 6) is 2.13. The number of imidazole rings is 1. The standard InChI is InChI=1S/C26H29N3O4S/c1-31-24-10-9-19(14-25(24)32-2)11-12-27-15-20(30)17-33-23-7-4-3-6-22(23)29-16-21(28-18-29)26-8-5-13-34-26/h3-10,13-14,16,18,20,27,30H,11-12,15,17H2,1-2H3. The lowest BCUT2D eigenvalue weighted by molar-refractivity contribution is 0.106. The first-order valence-corrected chi connectivity index (χ1v) is 12.0. The molecule has 0 aliphatic heterocycles. The molecule has 0 spiro atoms. The SMILES string of the molecule is COc1ccc(CCNCC(O)COc2ccccc2-n2cnc(-c3cccs3)c2)cc1OC. The Labute approximate surface area is 203 Å². The van der Waals surface area contributed by atoms with Crippen molar-refractivity contribution in [2.24, 2.45) is 0 Å². The van der Waals surface area contributed by atoms with E-state index in [0.717, 1.165) is 34.8 Å². The Hall–Kier alpha value is -3.33. The molecule has 0 amide bonds. The Morgan fingerprint density at radius 2 is 1.88 bits per heavy atom. The molecule has 34 heavy (non-hydrogen) atoms. The fourth-order valence-electron chi connectivity index (χ4n) is 3.58. The van der Waals surface area contributed by atoms with E-state index >= 15 is 0 Å². The Morgan fingerprint density at radius 1 is 1.03 bits per heavy atom. The van der Waals surface area contributed by atoms with Crippen LogP contribution in [0, 0.1) is 0 Å². The van der Waals surface area contributed by atoms with E-state index in [1.807, 2.05) is 70.7 Å². The molecule has 0 aliphatic rings. The molecule has 178 valence electrons. The molecular formula is C26H29N3O4S. The third-order valence-electron chi connectivity index (χ3n) is 5.35. The van der Waals surface area contributed by atoms with Gasteiger partial charge in [0, 0.05) is 12.7 Å². The van der Waals surface area contributed by atoms with Gasteiger partial charge in [-0.3, -0.25) is 0 Å². The maximum Gasteiger partial charge on any atom is 0.160 e. The van der Waals surface area contributed by atoms with Crippen molar-refractivity contribution in [1.82, 2.24) is 14.9 Å². The molecule has 4 aromatic rings. The van der Waals surface area contributed by atoms with Gasteiger partial charge in [-0.05, 0) is 54.2 Å².